The van der Waals surface area contributed by atoms with Crippen LogP contribution in [0, 0.1) is 0 Å². The second-order valence-corrected chi connectivity index (χ2v) is 7.26. The lowest BCUT2D eigenvalue weighted by Gasteiger charge is -2.28. The molecule has 0 radical (unpaired) electrons. The van der Waals surface area contributed by atoms with E-state index in [-0.39, 0.29) is 5.91 Å². The molecule has 1 aliphatic rings. The Labute approximate surface area is 164 Å². The maximum atomic E-state index is 12.8. The second-order valence-electron chi connectivity index (χ2n) is 7.26. The Morgan fingerprint density at radius 2 is 1.74 bits per heavy atom. The predicted molar refractivity (Wildman–Crippen MR) is 110 cm³/mol. The molecule has 0 spiro atoms. The lowest BCUT2D eigenvalue weighted by atomic mass is 10.0. The summed E-state index contributed by atoms with van der Waals surface area (Å²) in [6, 6.07) is 7.64. The molecule has 5 heteroatoms. The first-order valence-electron chi connectivity index (χ1n) is 10.5. The SMILES string of the molecule is CCCOC1(C(=O)Nc2ccc(OCCCN(CC)CC)cc2)CCCC1. The lowest BCUT2D eigenvalue weighted by molar-refractivity contribution is -0.140. The number of hydrogen-bond donors (Lipinski definition) is 1. The average molecular weight is 377 g/mol. The Hall–Kier alpha value is -1.59. The van der Waals surface area contributed by atoms with E-state index in [4.69, 9.17) is 9.47 Å². The summed E-state index contributed by atoms with van der Waals surface area (Å²) in [4.78, 5) is 15.2. The van der Waals surface area contributed by atoms with Crippen molar-refractivity contribution in [1.82, 2.24) is 4.90 Å². The topological polar surface area (TPSA) is 50.8 Å². The van der Waals surface area contributed by atoms with Gasteiger partial charge < -0.3 is 19.7 Å². The molecule has 0 unspecified atom stereocenters. The Bertz CT molecular complexity index is 549. The van der Waals surface area contributed by atoms with Crippen LogP contribution in [-0.4, -0.2) is 49.3 Å². The Kier molecular flexibility index (Phi) is 9.08. The average Bonchev–Trinajstić information content (AvgIpc) is 3.18. The minimum atomic E-state index is -0.643. The molecule has 1 aliphatic carbocycles. The summed E-state index contributed by atoms with van der Waals surface area (Å²) >= 11 is 0. The second kappa shape index (κ2) is 11.3. The zero-order valence-electron chi connectivity index (χ0n) is 17.3. The molecule has 0 aliphatic heterocycles. The number of nitrogens with one attached hydrogen (secondary N) is 1. The van der Waals surface area contributed by atoms with Crippen LogP contribution < -0.4 is 10.1 Å². The van der Waals surface area contributed by atoms with E-state index in [1.54, 1.807) is 0 Å². The fourth-order valence-corrected chi connectivity index (χ4v) is 3.58. The molecule has 0 saturated heterocycles. The molecule has 0 aromatic heterocycles. The number of nitrogens with zero attached hydrogens (tertiary/aromatic N) is 1. The molecular formula is C22H36N2O3. The van der Waals surface area contributed by atoms with Gasteiger partial charge in [0.05, 0.1) is 6.61 Å². The van der Waals surface area contributed by atoms with Gasteiger partial charge in [0.2, 0.25) is 0 Å². The number of carbonyl (C=O) groups is 1. The zero-order chi connectivity index (χ0) is 19.5. The van der Waals surface area contributed by atoms with Gasteiger partial charge in [-0.05, 0) is 75.9 Å². The van der Waals surface area contributed by atoms with Gasteiger partial charge in [0.1, 0.15) is 11.4 Å². The number of rotatable bonds is 12. The number of carbonyl (C=O) groups excluding carboxylic acids is 1. The highest BCUT2D eigenvalue weighted by molar-refractivity contribution is 5.97. The van der Waals surface area contributed by atoms with Crippen LogP contribution in [0.3, 0.4) is 0 Å². The van der Waals surface area contributed by atoms with Crippen LogP contribution in [-0.2, 0) is 9.53 Å². The fraction of sp³-hybridized carbons (Fsp3) is 0.682. The molecule has 5 nitrogen and oxygen atoms in total. The third-order valence-electron chi connectivity index (χ3n) is 5.30. The molecule has 0 heterocycles. The standard InChI is InChI=1S/C22H36N2O3/c1-4-17-27-22(14-7-8-15-22)21(25)23-19-10-12-20(13-11-19)26-18-9-16-24(5-2)6-3/h10-13H,4-9,14-18H2,1-3H3,(H,23,25). The number of ether oxygens (including phenoxy) is 2. The first-order chi connectivity index (χ1) is 13.1. The summed E-state index contributed by atoms with van der Waals surface area (Å²) in [5.74, 6) is 0.826. The summed E-state index contributed by atoms with van der Waals surface area (Å²) in [5, 5.41) is 3.03. The van der Waals surface area contributed by atoms with E-state index < -0.39 is 5.60 Å². The molecule has 0 bridgehead atoms. The monoisotopic (exact) mass is 376 g/mol. The van der Waals surface area contributed by atoms with Crippen molar-refractivity contribution in [1.29, 1.82) is 0 Å². The number of benzene rings is 1. The summed E-state index contributed by atoms with van der Waals surface area (Å²) in [6.07, 6.45) is 5.67. The minimum Gasteiger partial charge on any atom is -0.494 e. The van der Waals surface area contributed by atoms with Gasteiger partial charge in [0, 0.05) is 18.8 Å². The van der Waals surface area contributed by atoms with Gasteiger partial charge in [-0.1, -0.05) is 20.8 Å². The predicted octanol–water partition coefficient (Wildman–Crippen LogP) is 4.48. The van der Waals surface area contributed by atoms with Crippen LogP contribution in [0.4, 0.5) is 5.69 Å². The third-order valence-corrected chi connectivity index (χ3v) is 5.30. The van der Waals surface area contributed by atoms with Crippen LogP contribution in [0.5, 0.6) is 5.75 Å². The molecule has 1 saturated carbocycles. The van der Waals surface area contributed by atoms with Crippen LogP contribution in [0.15, 0.2) is 24.3 Å². The maximum Gasteiger partial charge on any atom is 0.256 e. The van der Waals surface area contributed by atoms with Gasteiger partial charge in [-0.25, -0.2) is 0 Å². The van der Waals surface area contributed by atoms with Crippen molar-refractivity contribution < 1.29 is 14.3 Å². The molecule has 0 atom stereocenters. The van der Waals surface area contributed by atoms with Gasteiger partial charge in [0.25, 0.3) is 5.91 Å². The van der Waals surface area contributed by atoms with E-state index in [9.17, 15) is 4.79 Å². The molecular weight excluding hydrogens is 340 g/mol. The number of anilines is 1. The van der Waals surface area contributed by atoms with Crippen molar-refractivity contribution in [3.05, 3.63) is 24.3 Å². The van der Waals surface area contributed by atoms with Crippen molar-refractivity contribution >= 4 is 11.6 Å². The van der Waals surface area contributed by atoms with E-state index in [1.807, 2.05) is 24.3 Å². The van der Waals surface area contributed by atoms with Crippen LogP contribution in [0.1, 0.15) is 59.3 Å². The summed E-state index contributed by atoms with van der Waals surface area (Å²) in [7, 11) is 0. The van der Waals surface area contributed by atoms with Crippen LogP contribution in [0.2, 0.25) is 0 Å². The van der Waals surface area contributed by atoms with E-state index in [0.29, 0.717) is 13.2 Å². The van der Waals surface area contributed by atoms with Gasteiger partial charge in [-0.2, -0.15) is 0 Å². The van der Waals surface area contributed by atoms with E-state index >= 15 is 0 Å². The minimum absolute atomic E-state index is 0.0126. The highest BCUT2D eigenvalue weighted by atomic mass is 16.5. The van der Waals surface area contributed by atoms with Crippen LogP contribution in [0.25, 0.3) is 0 Å². The molecule has 1 fully saturated rings. The summed E-state index contributed by atoms with van der Waals surface area (Å²) < 4.78 is 11.8. The largest absolute Gasteiger partial charge is 0.494 e. The highest BCUT2D eigenvalue weighted by Gasteiger charge is 2.42. The van der Waals surface area contributed by atoms with Crippen LogP contribution >= 0.6 is 0 Å². The van der Waals surface area contributed by atoms with Gasteiger partial charge in [-0.3, -0.25) is 4.79 Å². The third kappa shape index (κ3) is 6.51. The fourth-order valence-electron chi connectivity index (χ4n) is 3.58. The molecule has 27 heavy (non-hydrogen) atoms. The molecule has 152 valence electrons. The molecule has 2 rings (SSSR count). The van der Waals surface area contributed by atoms with Crippen molar-refractivity contribution in [3.63, 3.8) is 0 Å². The van der Waals surface area contributed by atoms with E-state index in [2.05, 4.69) is 31.0 Å². The number of hydrogen-bond acceptors (Lipinski definition) is 4. The summed E-state index contributed by atoms with van der Waals surface area (Å²) in [6.45, 7) is 11.0. The van der Waals surface area contributed by atoms with E-state index in [1.165, 1.54) is 0 Å². The van der Waals surface area contributed by atoms with Gasteiger partial charge in [-0.15, -0.1) is 0 Å². The zero-order valence-corrected chi connectivity index (χ0v) is 17.3. The summed E-state index contributed by atoms with van der Waals surface area (Å²) in [5.41, 5.74) is 0.150. The lowest BCUT2D eigenvalue weighted by Crippen LogP contribution is -2.43. The molecule has 1 N–H and O–H groups in total. The molecule has 1 aromatic rings. The quantitative estimate of drug-likeness (QED) is 0.547. The van der Waals surface area contributed by atoms with Crippen molar-refractivity contribution in [3.8, 4) is 5.75 Å². The number of amides is 1. The van der Waals surface area contributed by atoms with Crippen molar-refractivity contribution in [2.45, 2.75) is 64.9 Å². The first-order valence-corrected chi connectivity index (χ1v) is 10.5. The smallest absolute Gasteiger partial charge is 0.256 e. The highest BCUT2D eigenvalue weighted by Crippen LogP contribution is 2.34. The van der Waals surface area contributed by atoms with Gasteiger partial charge >= 0.3 is 0 Å². The molecule has 1 aromatic carbocycles. The van der Waals surface area contributed by atoms with Gasteiger partial charge in [0.15, 0.2) is 0 Å². The Morgan fingerprint density at radius 3 is 2.33 bits per heavy atom. The van der Waals surface area contributed by atoms with Crippen molar-refractivity contribution in [2.24, 2.45) is 0 Å². The first kappa shape index (κ1) is 21.7. The Morgan fingerprint density at radius 1 is 1.07 bits per heavy atom. The molecule has 1 amide bonds. The van der Waals surface area contributed by atoms with E-state index in [0.717, 1.165) is 69.6 Å². The van der Waals surface area contributed by atoms with Crippen molar-refractivity contribution in [2.75, 3.05) is 38.2 Å². The normalized spacial score (nSPS) is 15.9. The Balaban J connectivity index is 1.81. The maximum absolute atomic E-state index is 12.8.